The lowest BCUT2D eigenvalue weighted by Gasteiger charge is -2.26. The Labute approximate surface area is 173 Å². The van der Waals surface area contributed by atoms with Gasteiger partial charge in [0.25, 0.3) is 0 Å². The molecule has 0 amide bonds. The van der Waals surface area contributed by atoms with Crippen molar-refractivity contribution in [1.82, 2.24) is 15.5 Å². The smallest absolute Gasteiger partial charge is 0.390 e. The zero-order chi connectivity index (χ0) is 21.7. The first-order valence-corrected chi connectivity index (χ1v) is 9.59. The van der Waals surface area contributed by atoms with Gasteiger partial charge in [-0.25, -0.2) is 0 Å². The van der Waals surface area contributed by atoms with E-state index in [1.54, 1.807) is 7.05 Å². The predicted octanol–water partition coefficient (Wildman–Crippen LogP) is 2.09. The first-order chi connectivity index (χ1) is 14.3. The Morgan fingerprint density at radius 2 is 2.03 bits per heavy atom. The molecule has 0 saturated carbocycles. The van der Waals surface area contributed by atoms with Crippen LogP contribution in [0.2, 0.25) is 0 Å². The van der Waals surface area contributed by atoms with E-state index in [9.17, 15) is 18.3 Å². The molecule has 2 aliphatic rings. The molecule has 0 saturated heterocycles. The molecule has 30 heavy (non-hydrogen) atoms. The summed E-state index contributed by atoms with van der Waals surface area (Å²) in [6.07, 6.45) is 5.48. The van der Waals surface area contributed by atoms with Crippen LogP contribution in [0.25, 0.3) is 0 Å². The Kier molecular flexibility index (Phi) is 6.73. The number of rotatable bonds is 8. The van der Waals surface area contributed by atoms with Crippen molar-refractivity contribution in [2.24, 2.45) is 5.73 Å². The van der Waals surface area contributed by atoms with Crippen LogP contribution >= 0.6 is 0 Å². The van der Waals surface area contributed by atoms with Crippen molar-refractivity contribution in [3.63, 3.8) is 0 Å². The lowest BCUT2D eigenvalue weighted by atomic mass is 10.0. The highest BCUT2D eigenvalue weighted by atomic mass is 19.4. The number of aliphatic hydroxyl groups is 1. The van der Waals surface area contributed by atoms with Crippen LogP contribution < -0.4 is 21.3 Å². The molecule has 0 fully saturated rings. The molecule has 0 spiro atoms. The third kappa shape index (κ3) is 4.98. The van der Waals surface area contributed by atoms with Crippen molar-refractivity contribution in [1.29, 1.82) is 0 Å². The minimum absolute atomic E-state index is 0.0932. The SMILES string of the molecule is CN(CCN/C(CO)=C(\CN)C1=CN2C=CNC2C=C1)c1ccc(C(F)(F)F)cc1. The van der Waals surface area contributed by atoms with Crippen LogP contribution in [-0.4, -0.2) is 49.5 Å². The maximum Gasteiger partial charge on any atom is 0.416 e. The maximum absolute atomic E-state index is 12.7. The summed E-state index contributed by atoms with van der Waals surface area (Å²) in [4.78, 5) is 3.85. The molecule has 1 aromatic carbocycles. The molecule has 0 radical (unpaired) electrons. The van der Waals surface area contributed by atoms with Crippen LogP contribution in [0.15, 0.2) is 71.9 Å². The second-order valence-electron chi connectivity index (χ2n) is 7.03. The maximum atomic E-state index is 12.7. The molecular weight excluding hydrogens is 395 g/mol. The molecule has 1 aromatic rings. The zero-order valence-corrected chi connectivity index (χ0v) is 16.7. The van der Waals surface area contributed by atoms with Gasteiger partial charge in [0.2, 0.25) is 0 Å². The van der Waals surface area contributed by atoms with E-state index in [2.05, 4.69) is 10.6 Å². The highest BCUT2D eigenvalue weighted by Crippen LogP contribution is 2.30. The first kappa shape index (κ1) is 21.8. The van der Waals surface area contributed by atoms with Crippen molar-refractivity contribution in [3.05, 3.63) is 77.4 Å². The fourth-order valence-electron chi connectivity index (χ4n) is 3.34. The number of nitrogens with two attached hydrogens (primary N) is 1. The summed E-state index contributed by atoms with van der Waals surface area (Å²) in [6.45, 7) is 1.08. The van der Waals surface area contributed by atoms with Crippen LogP contribution in [0.5, 0.6) is 0 Å². The normalized spacial score (nSPS) is 18.5. The Balaban J connectivity index is 1.62. The molecule has 0 aromatic heterocycles. The van der Waals surface area contributed by atoms with Crippen molar-refractivity contribution in [2.75, 3.05) is 38.2 Å². The number of likely N-dealkylation sites (N-methyl/N-ethyl adjacent to an activating group) is 1. The van der Waals surface area contributed by atoms with Crippen molar-refractivity contribution in [3.8, 4) is 0 Å². The molecule has 3 rings (SSSR count). The van der Waals surface area contributed by atoms with Crippen LogP contribution in [0, 0.1) is 0 Å². The van der Waals surface area contributed by atoms with Crippen molar-refractivity contribution in [2.45, 2.75) is 12.3 Å². The molecule has 162 valence electrons. The number of hydrogen-bond donors (Lipinski definition) is 4. The minimum Gasteiger partial charge on any atom is -0.390 e. The van der Waals surface area contributed by atoms with E-state index in [0.29, 0.717) is 24.5 Å². The van der Waals surface area contributed by atoms with E-state index in [0.717, 1.165) is 23.3 Å². The molecule has 5 N–H and O–H groups in total. The summed E-state index contributed by atoms with van der Waals surface area (Å²) in [5.41, 5.74) is 8.31. The quantitative estimate of drug-likeness (QED) is 0.515. The first-order valence-electron chi connectivity index (χ1n) is 9.59. The molecule has 2 heterocycles. The highest BCUT2D eigenvalue weighted by Gasteiger charge is 2.30. The van der Waals surface area contributed by atoms with Crippen LogP contribution in [0.3, 0.4) is 0 Å². The predicted molar refractivity (Wildman–Crippen MR) is 111 cm³/mol. The van der Waals surface area contributed by atoms with E-state index in [1.165, 1.54) is 12.1 Å². The second-order valence-corrected chi connectivity index (χ2v) is 7.03. The van der Waals surface area contributed by atoms with Gasteiger partial charge in [-0.3, -0.25) is 0 Å². The number of aliphatic hydroxyl groups excluding tert-OH is 1. The molecule has 9 heteroatoms. The molecular formula is C21H26F3N5O. The average molecular weight is 421 g/mol. The zero-order valence-electron chi connectivity index (χ0n) is 16.7. The van der Waals surface area contributed by atoms with E-state index in [-0.39, 0.29) is 19.3 Å². The molecule has 2 aliphatic heterocycles. The fourth-order valence-corrected chi connectivity index (χ4v) is 3.34. The Bertz CT molecular complexity index is 858. The number of fused-ring (bicyclic) bond motifs is 1. The summed E-state index contributed by atoms with van der Waals surface area (Å²) in [6, 6.07) is 5.04. The Morgan fingerprint density at radius 3 is 2.67 bits per heavy atom. The standard InChI is InChI=1S/C21H26F3N5O/c1-28(17-5-3-16(4-6-17)21(22,23)24)10-8-26-19(14-30)18(12-25)15-2-7-20-27-9-11-29(20)13-15/h2-7,9,11,13,20,26-27,30H,8,10,12,14,25H2,1H3/b19-18+. The van der Waals surface area contributed by atoms with Gasteiger partial charge in [-0.15, -0.1) is 0 Å². The van der Waals surface area contributed by atoms with Crippen LogP contribution in [0.1, 0.15) is 5.56 Å². The van der Waals surface area contributed by atoms with Gasteiger partial charge >= 0.3 is 6.18 Å². The van der Waals surface area contributed by atoms with Gasteiger partial charge in [0.1, 0.15) is 6.17 Å². The van der Waals surface area contributed by atoms with E-state index >= 15 is 0 Å². The van der Waals surface area contributed by atoms with Gasteiger partial charge < -0.3 is 31.3 Å². The lowest BCUT2D eigenvalue weighted by molar-refractivity contribution is -0.137. The molecule has 0 bridgehead atoms. The number of benzene rings is 1. The highest BCUT2D eigenvalue weighted by molar-refractivity contribution is 5.48. The van der Waals surface area contributed by atoms with Gasteiger partial charge in [-0.05, 0) is 41.5 Å². The Hall–Kier alpha value is -2.91. The van der Waals surface area contributed by atoms with Crippen LogP contribution in [0.4, 0.5) is 18.9 Å². The summed E-state index contributed by atoms with van der Waals surface area (Å²) >= 11 is 0. The van der Waals surface area contributed by atoms with Gasteiger partial charge in [0, 0.05) is 56.7 Å². The van der Waals surface area contributed by atoms with Gasteiger partial charge in [-0.1, -0.05) is 6.08 Å². The monoisotopic (exact) mass is 421 g/mol. The van der Waals surface area contributed by atoms with E-state index in [1.807, 2.05) is 40.6 Å². The summed E-state index contributed by atoms with van der Waals surface area (Å²) < 4.78 is 38.1. The van der Waals surface area contributed by atoms with E-state index in [4.69, 9.17) is 5.73 Å². The van der Waals surface area contributed by atoms with Gasteiger partial charge in [-0.2, -0.15) is 13.2 Å². The number of nitrogens with one attached hydrogen (secondary N) is 2. The van der Waals surface area contributed by atoms with Gasteiger partial charge in [0.15, 0.2) is 0 Å². The van der Waals surface area contributed by atoms with Crippen LogP contribution in [-0.2, 0) is 6.18 Å². The van der Waals surface area contributed by atoms with Crippen molar-refractivity contribution < 1.29 is 18.3 Å². The lowest BCUT2D eigenvalue weighted by Crippen LogP contribution is -2.33. The van der Waals surface area contributed by atoms with E-state index < -0.39 is 11.7 Å². The second kappa shape index (κ2) is 9.27. The molecule has 1 atom stereocenters. The van der Waals surface area contributed by atoms with Gasteiger partial charge in [0.05, 0.1) is 12.2 Å². The number of hydrogen-bond acceptors (Lipinski definition) is 6. The number of nitrogens with zero attached hydrogens (tertiary/aromatic N) is 2. The third-order valence-corrected chi connectivity index (χ3v) is 5.08. The van der Waals surface area contributed by atoms with Crippen molar-refractivity contribution >= 4 is 5.69 Å². The number of allylic oxidation sites excluding steroid dienone is 1. The largest absolute Gasteiger partial charge is 0.416 e. The fraction of sp³-hybridized carbons (Fsp3) is 0.333. The number of anilines is 1. The summed E-state index contributed by atoms with van der Waals surface area (Å²) in [5.74, 6) is 0. The number of alkyl halides is 3. The molecule has 6 nitrogen and oxygen atoms in total. The summed E-state index contributed by atoms with van der Waals surface area (Å²) in [7, 11) is 1.80. The Morgan fingerprint density at radius 1 is 1.30 bits per heavy atom. The average Bonchev–Trinajstić information content (AvgIpc) is 3.20. The summed E-state index contributed by atoms with van der Waals surface area (Å²) in [5, 5.41) is 16.2. The minimum atomic E-state index is -4.35. The molecule has 1 unspecified atom stereocenters. The number of halogens is 3. The topological polar surface area (TPSA) is 76.8 Å². The third-order valence-electron chi connectivity index (χ3n) is 5.08. The molecule has 0 aliphatic carbocycles.